The molecule has 0 radical (unpaired) electrons. The molecular formula is C41H55N3O11. The molecule has 1 aliphatic rings. The average molecular weight is 766 g/mol. The molecule has 1 saturated heterocycles. The fraction of sp³-hybridized carbons (Fsp3) is 0.561. The maximum absolute atomic E-state index is 13.9. The highest BCUT2D eigenvalue weighted by Gasteiger charge is 2.44. The number of hydrogen-bond donors (Lipinski definition) is 3. The van der Waals surface area contributed by atoms with Gasteiger partial charge in [0.25, 0.3) is 0 Å². The van der Waals surface area contributed by atoms with E-state index in [1.807, 2.05) is 56.3 Å². The van der Waals surface area contributed by atoms with E-state index in [1.54, 1.807) is 20.8 Å². The number of aliphatic carboxylic acids is 1. The smallest absolute Gasteiger partial charge is 0.329 e. The zero-order valence-electron chi connectivity index (χ0n) is 32.4. The van der Waals surface area contributed by atoms with Crippen molar-refractivity contribution in [3.63, 3.8) is 0 Å². The minimum atomic E-state index is -1.23. The third kappa shape index (κ3) is 13.7. The number of carbonyl (C=O) groups is 8. The van der Waals surface area contributed by atoms with E-state index in [9.17, 15) is 38.4 Å². The first-order valence-corrected chi connectivity index (χ1v) is 19.0. The summed E-state index contributed by atoms with van der Waals surface area (Å²) in [6.07, 6.45) is -1.48. The minimum Gasteiger partial charge on any atom is -0.480 e. The van der Waals surface area contributed by atoms with Crippen LogP contribution in [-0.2, 0) is 54.3 Å². The molecule has 1 heterocycles. The second-order valence-corrected chi connectivity index (χ2v) is 15.1. The van der Waals surface area contributed by atoms with Crippen LogP contribution in [0.4, 0.5) is 0 Å². The first kappa shape index (κ1) is 44.4. The molecular weight excluding hydrogens is 710 g/mol. The van der Waals surface area contributed by atoms with Crippen molar-refractivity contribution in [1.82, 2.24) is 10.2 Å². The third-order valence-electron chi connectivity index (χ3n) is 9.69. The summed E-state index contributed by atoms with van der Waals surface area (Å²) in [5.74, 6) is -7.95. The Morgan fingerprint density at radius 1 is 0.945 bits per heavy atom. The van der Waals surface area contributed by atoms with E-state index in [0.29, 0.717) is 6.42 Å². The minimum absolute atomic E-state index is 0.0259. The van der Waals surface area contributed by atoms with Crippen LogP contribution < -0.4 is 11.1 Å². The number of esters is 1. The Labute approximate surface area is 321 Å². The van der Waals surface area contributed by atoms with E-state index < -0.39 is 90.1 Å². The van der Waals surface area contributed by atoms with Crippen LogP contribution in [0, 0.1) is 23.7 Å². The van der Waals surface area contributed by atoms with Crippen molar-refractivity contribution in [3.05, 3.63) is 48.0 Å². The van der Waals surface area contributed by atoms with Crippen LogP contribution >= 0.6 is 0 Å². The molecule has 1 aliphatic heterocycles. The number of primary amides is 1. The van der Waals surface area contributed by atoms with Gasteiger partial charge in [-0.25, -0.2) is 4.79 Å². The predicted molar refractivity (Wildman–Crippen MR) is 202 cm³/mol. The monoisotopic (exact) mass is 765 g/mol. The van der Waals surface area contributed by atoms with Gasteiger partial charge in [0.2, 0.25) is 23.5 Å². The van der Waals surface area contributed by atoms with Gasteiger partial charge in [-0.1, -0.05) is 83.5 Å². The molecule has 14 nitrogen and oxygen atoms in total. The van der Waals surface area contributed by atoms with Gasteiger partial charge in [0.05, 0.1) is 31.1 Å². The number of ether oxygens (including phenoxy) is 2. The topological polar surface area (TPSA) is 217 Å². The van der Waals surface area contributed by atoms with Crippen molar-refractivity contribution in [2.24, 2.45) is 29.4 Å². The Balaban J connectivity index is 1.67. The number of nitrogens with zero attached hydrogens (tertiary/aromatic N) is 1. The largest absolute Gasteiger partial charge is 0.480 e. The fourth-order valence-corrected chi connectivity index (χ4v) is 6.70. The summed E-state index contributed by atoms with van der Waals surface area (Å²) in [5, 5.41) is 13.7. The van der Waals surface area contributed by atoms with Crippen molar-refractivity contribution < 1.29 is 52.9 Å². The molecule has 2 aromatic carbocycles. The molecule has 3 amide bonds. The maximum Gasteiger partial charge on any atom is 0.329 e. The van der Waals surface area contributed by atoms with Crippen LogP contribution in [0.1, 0.15) is 85.1 Å². The van der Waals surface area contributed by atoms with Crippen LogP contribution in [0.3, 0.4) is 0 Å². The molecule has 5 atom stereocenters. The van der Waals surface area contributed by atoms with Gasteiger partial charge in [-0.05, 0) is 34.6 Å². The van der Waals surface area contributed by atoms with Crippen LogP contribution in [0.15, 0.2) is 42.5 Å². The van der Waals surface area contributed by atoms with E-state index in [4.69, 9.17) is 20.3 Å². The van der Waals surface area contributed by atoms with Gasteiger partial charge < -0.3 is 30.5 Å². The number of likely N-dealkylation sites (tertiary alicyclic amines) is 1. The lowest BCUT2D eigenvalue weighted by atomic mass is 9.87. The van der Waals surface area contributed by atoms with E-state index >= 15 is 0 Å². The number of nitrogens with two attached hydrogens (primary N) is 1. The van der Waals surface area contributed by atoms with Crippen molar-refractivity contribution in [2.45, 2.75) is 104 Å². The zero-order chi connectivity index (χ0) is 40.8. The molecule has 1 fully saturated rings. The number of fused-ring (bicyclic) bond motifs is 1. The highest BCUT2D eigenvalue weighted by atomic mass is 16.5. The van der Waals surface area contributed by atoms with Crippen LogP contribution in [0.25, 0.3) is 10.8 Å². The summed E-state index contributed by atoms with van der Waals surface area (Å²) < 4.78 is 10.8. The lowest BCUT2D eigenvalue weighted by Gasteiger charge is -2.30. The molecule has 4 N–H and O–H groups in total. The molecule has 0 bridgehead atoms. The summed E-state index contributed by atoms with van der Waals surface area (Å²) in [6, 6.07) is 11.2. The summed E-state index contributed by atoms with van der Waals surface area (Å²) in [5.41, 5.74) is 6.35. The number of carboxylic acid groups (broad SMARTS) is 1. The van der Waals surface area contributed by atoms with Gasteiger partial charge in [0, 0.05) is 44.6 Å². The Morgan fingerprint density at radius 2 is 1.64 bits per heavy atom. The fourth-order valence-electron chi connectivity index (χ4n) is 6.70. The number of Topliss-reactive ketones (excluding diaryl/α,β-unsaturated/α-hetero) is 3. The summed E-state index contributed by atoms with van der Waals surface area (Å²) in [6.45, 7) is 8.53. The number of amides is 3. The second kappa shape index (κ2) is 21.2. The summed E-state index contributed by atoms with van der Waals surface area (Å²) in [7, 11) is 0. The first-order chi connectivity index (χ1) is 26.0. The molecule has 3 unspecified atom stereocenters. The number of hydrogen-bond acceptors (Lipinski definition) is 10. The molecule has 55 heavy (non-hydrogen) atoms. The lowest BCUT2D eigenvalue weighted by molar-refractivity contribution is -0.152. The van der Waals surface area contributed by atoms with Crippen molar-refractivity contribution in [1.29, 1.82) is 0 Å². The van der Waals surface area contributed by atoms with Gasteiger partial charge in [0.1, 0.15) is 12.6 Å². The molecule has 0 aromatic heterocycles. The standard InChI is InChI=1S/C41H55N3O11/c1-6-9-29(39(51)34(45)14-15-36(47)43-32(40(42)52)17-26-12-13-27-10-7-8-11-28(27)16-26)18-35(46)33-19-30(54-23-37(48)49)21-44(33)41(53)31(25(4)5)20-38(50)55-22-24(2)3/h7-8,10-13,16,24-25,29-33H,6,9,14-15,17-23H2,1-5H3,(H2,42,52)(H,43,47)(H,48,49)/t29?,30-,31?,32?,33+/m1/s1. The quantitative estimate of drug-likeness (QED) is 0.110. The van der Waals surface area contributed by atoms with Gasteiger partial charge in [0.15, 0.2) is 11.6 Å². The second-order valence-electron chi connectivity index (χ2n) is 15.1. The van der Waals surface area contributed by atoms with Gasteiger partial charge in [-0.15, -0.1) is 0 Å². The number of ketones is 3. The molecule has 300 valence electrons. The van der Waals surface area contributed by atoms with Crippen LogP contribution in [-0.4, -0.2) is 95.0 Å². The number of benzene rings is 2. The summed E-state index contributed by atoms with van der Waals surface area (Å²) in [4.78, 5) is 105. The van der Waals surface area contributed by atoms with Crippen LogP contribution in [0.2, 0.25) is 0 Å². The maximum atomic E-state index is 13.9. The van der Waals surface area contributed by atoms with Gasteiger partial charge in [-0.3, -0.25) is 33.6 Å². The SMILES string of the molecule is CCCC(CC(=O)[C@@H]1C[C@@H](OCC(=O)O)CN1C(=O)C(CC(=O)OCC(C)C)C(C)C)C(=O)C(=O)CCC(=O)NC(Cc1ccc2ccccc2c1)C(N)=O. The lowest BCUT2D eigenvalue weighted by Crippen LogP contribution is -2.46. The predicted octanol–water partition coefficient (Wildman–Crippen LogP) is 3.58. The van der Waals surface area contributed by atoms with E-state index in [1.165, 1.54) is 4.90 Å². The van der Waals surface area contributed by atoms with Gasteiger partial charge >= 0.3 is 11.9 Å². The Hall–Kier alpha value is -4.98. The molecule has 3 rings (SSSR count). The first-order valence-electron chi connectivity index (χ1n) is 19.0. The molecule has 0 spiro atoms. The number of nitrogens with one attached hydrogen (secondary N) is 1. The highest BCUT2D eigenvalue weighted by molar-refractivity contribution is 6.38. The average Bonchev–Trinajstić information content (AvgIpc) is 3.57. The molecule has 0 aliphatic carbocycles. The van der Waals surface area contributed by atoms with Crippen molar-refractivity contribution >= 4 is 57.8 Å². The summed E-state index contributed by atoms with van der Waals surface area (Å²) >= 11 is 0. The van der Waals surface area contributed by atoms with E-state index in [2.05, 4.69) is 5.32 Å². The van der Waals surface area contributed by atoms with Crippen molar-refractivity contribution in [3.8, 4) is 0 Å². The number of carboxylic acids is 1. The van der Waals surface area contributed by atoms with Crippen LogP contribution in [0.5, 0.6) is 0 Å². The number of rotatable bonds is 23. The zero-order valence-corrected chi connectivity index (χ0v) is 32.4. The normalized spacial score (nSPS) is 17.1. The van der Waals surface area contributed by atoms with E-state index in [0.717, 1.165) is 16.3 Å². The molecule has 2 aromatic rings. The van der Waals surface area contributed by atoms with E-state index in [-0.39, 0.29) is 63.5 Å². The Bertz CT molecular complexity index is 1720. The number of carbonyl (C=O) groups excluding carboxylic acids is 7. The molecule has 0 saturated carbocycles. The Morgan fingerprint density at radius 3 is 2.25 bits per heavy atom. The third-order valence-corrected chi connectivity index (χ3v) is 9.69. The van der Waals surface area contributed by atoms with Gasteiger partial charge in [-0.2, -0.15) is 0 Å². The molecule has 14 heteroatoms. The Kier molecular flexibility index (Phi) is 17.1. The highest BCUT2D eigenvalue weighted by Crippen LogP contribution is 2.30. The van der Waals surface area contributed by atoms with Crippen molar-refractivity contribution in [2.75, 3.05) is 19.8 Å².